The second kappa shape index (κ2) is 5.70. The number of rotatable bonds is 2. The number of ether oxygens (including phenoxy) is 1. The van der Waals surface area contributed by atoms with Gasteiger partial charge in [0.15, 0.2) is 0 Å². The molecule has 0 spiro atoms. The highest BCUT2D eigenvalue weighted by Crippen LogP contribution is 2.42. The highest BCUT2D eigenvalue weighted by atomic mass is 35.6. The number of nitrogen functional groups attached to an aromatic ring is 2. The minimum Gasteiger partial charge on any atom is -0.462 e. The smallest absolute Gasteiger partial charge is 0.342 e. The van der Waals surface area contributed by atoms with Crippen molar-refractivity contribution >= 4 is 52.3 Å². The molecule has 1 heterocycles. The van der Waals surface area contributed by atoms with Gasteiger partial charge in [-0.25, -0.2) is 9.78 Å². The van der Waals surface area contributed by atoms with Gasteiger partial charge >= 0.3 is 5.97 Å². The van der Waals surface area contributed by atoms with E-state index in [9.17, 15) is 4.79 Å². The number of nitrogens with two attached hydrogens (primary N) is 2. The SMILES string of the molecule is CCOC(=O)c1c(C(Cl)(Cl)Cl)nc(N)c(C#N)c1N. The fraction of sp³-hybridized carbons (Fsp3) is 0.300. The van der Waals surface area contributed by atoms with Crippen molar-refractivity contribution in [3.8, 4) is 6.07 Å². The lowest BCUT2D eigenvalue weighted by atomic mass is 10.1. The molecule has 9 heteroatoms. The summed E-state index contributed by atoms with van der Waals surface area (Å²) in [6, 6.07) is 1.73. The van der Waals surface area contributed by atoms with Gasteiger partial charge < -0.3 is 16.2 Å². The van der Waals surface area contributed by atoms with Crippen LogP contribution in [0, 0.1) is 11.3 Å². The number of aromatic nitrogens is 1. The Morgan fingerprint density at radius 1 is 1.47 bits per heavy atom. The van der Waals surface area contributed by atoms with Gasteiger partial charge in [-0.15, -0.1) is 0 Å². The Morgan fingerprint density at radius 3 is 2.47 bits per heavy atom. The second-order valence-corrected chi connectivity index (χ2v) is 5.62. The maximum Gasteiger partial charge on any atom is 0.342 e. The molecule has 0 aromatic carbocycles. The van der Waals surface area contributed by atoms with Crippen LogP contribution in [-0.4, -0.2) is 17.6 Å². The lowest BCUT2D eigenvalue weighted by Crippen LogP contribution is -2.20. The number of carbonyl (C=O) groups is 1. The molecule has 0 saturated heterocycles. The van der Waals surface area contributed by atoms with Crippen molar-refractivity contribution in [2.75, 3.05) is 18.1 Å². The van der Waals surface area contributed by atoms with Gasteiger partial charge in [0.2, 0.25) is 3.79 Å². The zero-order valence-electron chi connectivity index (χ0n) is 9.71. The van der Waals surface area contributed by atoms with Crippen LogP contribution in [-0.2, 0) is 8.53 Å². The lowest BCUT2D eigenvalue weighted by Gasteiger charge is -2.17. The molecular formula is C10H9Cl3N4O2. The third-order valence-electron chi connectivity index (χ3n) is 2.12. The summed E-state index contributed by atoms with van der Waals surface area (Å²) in [5.41, 5.74) is 10.3. The van der Waals surface area contributed by atoms with Crippen LogP contribution < -0.4 is 11.5 Å². The molecule has 0 radical (unpaired) electrons. The molecule has 0 aliphatic rings. The molecule has 0 unspecified atom stereocenters. The van der Waals surface area contributed by atoms with E-state index in [0.717, 1.165) is 0 Å². The molecule has 1 rings (SSSR count). The van der Waals surface area contributed by atoms with E-state index < -0.39 is 9.76 Å². The third-order valence-corrected chi connectivity index (χ3v) is 2.66. The van der Waals surface area contributed by atoms with Crippen molar-refractivity contribution in [2.45, 2.75) is 10.7 Å². The van der Waals surface area contributed by atoms with E-state index in [2.05, 4.69) is 4.98 Å². The Labute approximate surface area is 124 Å². The predicted molar refractivity (Wildman–Crippen MR) is 73.0 cm³/mol. The van der Waals surface area contributed by atoms with E-state index in [1.807, 2.05) is 0 Å². The number of halogens is 3. The van der Waals surface area contributed by atoms with Crippen molar-refractivity contribution in [2.24, 2.45) is 0 Å². The molecule has 1 aromatic heterocycles. The summed E-state index contributed by atoms with van der Waals surface area (Å²) in [5, 5.41) is 8.93. The summed E-state index contributed by atoms with van der Waals surface area (Å²) < 4.78 is 2.77. The average molecular weight is 324 g/mol. The van der Waals surface area contributed by atoms with Gasteiger partial charge in [0, 0.05) is 0 Å². The van der Waals surface area contributed by atoms with Gasteiger partial charge in [-0.05, 0) is 6.92 Å². The number of hydrogen-bond acceptors (Lipinski definition) is 6. The Morgan fingerprint density at radius 2 is 2.05 bits per heavy atom. The van der Waals surface area contributed by atoms with Gasteiger partial charge in [0.05, 0.1) is 12.3 Å². The first-order chi connectivity index (χ1) is 8.73. The number of nitriles is 1. The average Bonchev–Trinajstić information content (AvgIpc) is 2.27. The molecule has 0 atom stereocenters. The Hall–Kier alpha value is -1.42. The number of hydrogen-bond donors (Lipinski definition) is 2. The van der Waals surface area contributed by atoms with Gasteiger partial charge in [0.25, 0.3) is 0 Å². The number of esters is 1. The largest absolute Gasteiger partial charge is 0.462 e. The van der Waals surface area contributed by atoms with Crippen LogP contribution in [0.15, 0.2) is 0 Å². The van der Waals surface area contributed by atoms with E-state index in [1.54, 1.807) is 13.0 Å². The lowest BCUT2D eigenvalue weighted by molar-refractivity contribution is 0.0526. The van der Waals surface area contributed by atoms with Crippen LogP contribution in [0.2, 0.25) is 0 Å². The minimum absolute atomic E-state index is 0.0871. The molecule has 1 aromatic rings. The van der Waals surface area contributed by atoms with E-state index >= 15 is 0 Å². The van der Waals surface area contributed by atoms with Gasteiger partial charge in [0.1, 0.15) is 28.7 Å². The number of carbonyl (C=O) groups excluding carboxylic acids is 1. The summed E-state index contributed by atoms with van der Waals surface area (Å²) >= 11 is 17.1. The van der Waals surface area contributed by atoms with E-state index in [0.29, 0.717) is 0 Å². The van der Waals surface area contributed by atoms with E-state index in [1.165, 1.54) is 0 Å². The van der Waals surface area contributed by atoms with Crippen molar-refractivity contribution in [3.63, 3.8) is 0 Å². The van der Waals surface area contributed by atoms with Crippen LogP contribution in [0.1, 0.15) is 28.5 Å². The highest BCUT2D eigenvalue weighted by molar-refractivity contribution is 6.66. The fourth-order valence-corrected chi connectivity index (χ4v) is 1.77. The Kier molecular flexibility index (Phi) is 4.69. The number of nitrogens with zero attached hydrogens (tertiary/aromatic N) is 2. The van der Waals surface area contributed by atoms with Gasteiger partial charge in [-0.3, -0.25) is 0 Å². The van der Waals surface area contributed by atoms with E-state index in [-0.39, 0.29) is 34.9 Å². The molecule has 0 fully saturated rings. The third kappa shape index (κ3) is 3.13. The molecule has 6 nitrogen and oxygen atoms in total. The summed E-state index contributed by atoms with van der Waals surface area (Å²) in [6.07, 6.45) is 0. The highest BCUT2D eigenvalue weighted by Gasteiger charge is 2.35. The van der Waals surface area contributed by atoms with Crippen LogP contribution in [0.4, 0.5) is 11.5 Å². The molecule has 0 aliphatic carbocycles. The van der Waals surface area contributed by atoms with Crippen molar-refractivity contribution in [1.29, 1.82) is 5.26 Å². The summed E-state index contributed by atoms with van der Waals surface area (Å²) in [4.78, 5) is 15.6. The number of pyridine rings is 1. The molecule has 4 N–H and O–H groups in total. The first-order valence-electron chi connectivity index (χ1n) is 4.97. The molecule has 0 aliphatic heterocycles. The zero-order chi connectivity index (χ0) is 14.8. The first kappa shape index (κ1) is 15.6. The van der Waals surface area contributed by atoms with Crippen LogP contribution in [0.25, 0.3) is 0 Å². The summed E-state index contributed by atoms with van der Waals surface area (Å²) in [5.74, 6) is -1.07. The maximum absolute atomic E-state index is 11.8. The van der Waals surface area contributed by atoms with Crippen LogP contribution in [0.5, 0.6) is 0 Å². The number of alkyl halides is 3. The Balaban J connectivity index is 3.65. The Bertz CT molecular complexity index is 563. The van der Waals surface area contributed by atoms with Crippen LogP contribution >= 0.6 is 34.8 Å². The van der Waals surface area contributed by atoms with Crippen molar-refractivity contribution in [3.05, 3.63) is 16.8 Å². The van der Waals surface area contributed by atoms with Crippen molar-refractivity contribution in [1.82, 2.24) is 4.98 Å². The monoisotopic (exact) mass is 322 g/mol. The molecule has 19 heavy (non-hydrogen) atoms. The first-order valence-corrected chi connectivity index (χ1v) is 6.10. The molecule has 0 bridgehead atoms. The summed E-state index contributed by atoms with van der Waals surface area (Å²) in [6.45, 7) is 1.68. The normalized spacial score (nSPS) is 10.9. The number of anilines is 2. The van der Waals surface area contributed by atoms with Crippen molar-refractivity contribution < 1.29 is 9.53 Å². The van der Waals surface area contributed by atoms with Crippen LogP contribution in [0.3, 0.4) is 0 Å². The van der Waals surface area contributed by atoms with Gasteiger partial charge in [-0.1, -0.05) is 34.8 Å². The second-order valence-electron chi connectivity index (χ2n) is 3.34. The molecule has 0 saturated carbocycles. The minimum atomic E-state index is -2.03. The molecular weight excluding hydrogens is 314 g/mol. The maximum atomic E-state index is 11.8. The quantitative estimate of drug-likeness (QED) is 0.636. The molecule has 0 amide bonds. The molecule has 102 valence electrons. The standard InChI is InChI=1S/C10H9Cl3N4O2/c1-2-19-9(18)5-6(15)4(3-14)8(16)17-7(5)10(11,12)13/h2H2,1H3,(H4,15,16,17). The van der Waals surface area contributed by atoms with Gasteiger partial charge in [-0.2, -0.15) is 5.26 Å². The fourth-order valence-electron chi connectivity index (χ4n) is 1.36. The zero-order valence-corrected chi connectivity index (χ0v) is 12.0. The predicted octanol–water partition coefficient (Wildman–Crippen LogP) is 2.12. The van der Waals surface area contributed by atoms with E-state index in [4.69, 9.17) is 56.3 Å². The summed E-state index contributed by atoms with van der Waals surface area (Å²) in [7, 11) is 0. The topological polar surface area (TPSA) is 115 Å².